The van der Waals surface area contributed by atoms with Gasteiger partial charge < -0.3 is 20.3 Å². The number of unbranched alkanes of at least 4 members (excludes halogenated alkanes) is 30. The zero-order chi connectivity index (χ0) is 45.2. The quantitative estimate of drug-likeness (QED) is 0.0245. The number of hydrogen-bond acceptors (Lipinski definition) is 5. The van der Waals surface area contributed by atoms with Gasteiger partial charge in [0.15, 0.2) is 0 Å². The number of carbonyl (C=O) groups is 2. The minimum Gasteiger partial charge on any atom is -0.462 e. The fourth-order valence-electron chi connectivity index (χ4n) is 8.08. The number of ether oxygens (including phenoxy) is 1. The molecule has 0 bridgehead atoms. The Labute approximate surface area is 385 Å². The first-order chi connectivity index (χ1) is 30.5. The smallest absolute Gasteiger partial charge is 0.306 e. The molecule has 0 spiro atoms. The molecular formula is C56H103NO5. The Morgan fingerprint density at radius 3 is 1.35 bits per heavy atom. The van der Waals surface area contributed by atoms with Gasteiger partial charge in [0, 0.05) is 6.42 Å². The predicted octanol–water partition coefficient (Wildman–Crippen LogP) is 16.2. The molecule has 6 heteroatoms. The van der Waals surface area contributed by atoms with E-state index in [4.69, 9.17) is 4.74 Å². The van der Waals surface area contributed by atoms with E-state index in [1.54, 1.807) is 0 Å². The van der Waals surface area contributed by atoms with E-state index in [1.165, 1.54) is 128 Å². The summed E-state index contributed by atoms with van der Waals surface area (Å²) in [5.74, 6) is -0.511. The summed E-state index contributed by atoms with van der Waals surface area (Å²) in [4.78, 5) is 26.1. The third kappa shape index (κ3) is 44.4. The van der Waals surface area contributed by atoms with E-state index in [9.17, 15) is 19.8 Å². The van der Waals surface area contributed by atoms with Crippen LogP contribution in [0.4, 0.5) is 0 Å². The molecule has 362 valence electrons. The maximum Gasteiger partial charge on any atom is 0.306 e. The fourth-order valence-corrected chi connectivity index (χ4v) is 8.08. The van der Waals surface area contributed by atoms with Crippen LogP contribution >= 0.6 is 0 Å². The molecule has 0 heterocycles. The standard InChI is InChI=1S/C56H103NO5/c1-4-7-10-13-16-19-21-23-25-27-29-31-33-35-37-40-43-46-49-56(61)62-52(47-44-41-38-18-15-12-9-6-3)50-55(60)57-53(51-58)54(59)48-45-42-39-36-34-32-30-28-26-24-22-20-17-14-11-8-5-2/h12,15,21,23,25,27,29,31,52-54,58-59H,4-11,13-14,16-20,22,24,26,28,30,32-51H2,1-3H3,(H,57,60)/b15-12-,23-21+,27-25+,31-29+. The molecule has 0 aromatic heterocycles. The lowest BCUT2D eigenvalue weighted by Crippen LogP contribution is -2.46. The highest BCUT2D eigenvalue weighted by Gasteiger charge is 2.24. The van der Waals surface area contributed by atoms with E-state index >= 15 is 0 Å². The average molecular weight is 870 g/mol. The van der Waals surface area contributed by atoms with Crippen molar-refractivity contribution < 1.29 is 24.5 Å². The third-order valence-electron chi connectivity index (χ3n) is 12.2. The van der Waals surface area contributed by atoms with Crippen LogP contribution in [0.15, 0.2) is 48.6 Å². The molecule has 1 amide bonds. The molecule has 3 N–H and O–H groups in total. The van der Waals surface area contributed by atoms with Crippen LogP contribution in [0.5, 0.6) is 0 Å². The van der Waals surface area contributed by atoms with Crippen LogP contribution in [0.3, 0.4) is 0 Å². The number of nitrogens with one attached hydrogen (secondary N) is 1. The van der Waals surface area contributed by atoms with E-state index in [0.717, 1.165) is 96.3 Å². The van der Waals surface area contributed by atoms with Crippen LogP contribution in [-0.4, -0.2) is 46.9 Å². The highest BCUT2D eigenvalue weighted by molar-refractivity contribution is 5.77. The Hall–Kier alpha value is -2.18. The first kappa shape index (κ1) is 59.8. The lowest BCUT2D eigenvalue weighted by atomic mass is 10.0. The van der Waals surface area contributed by atoms with Crippen LogP contribution in [0.25, 0.3) is 0 Å². The Bertz CT molecular complexity index is 1070. The second kappa shape index (κ2) is 49.8. The number of amides is 1. The molecule has 0 aliphatic carbocycles. The van der Waals surface area contributed by atoms with Crippen LogP contribution in [0.2, 0.25) is 0 Å². The molecule has 0 saturated carbocycles. The molecule has 3 unspecified atom stereocenters. The largest absolute Gasteiger partial charge is 0.462 e. The molecule has 0 rings (SSSR count). The summed E-state index contributed by atoms with van der Waals surface area (Å²) in [7, 11) is 0. The first-order valence-corrected chi connectivity index (χ1v) is 26.9. The molecule has 62 heavy (non-hydrogen) atoms. The van der Waals surface area contributed by atoms with Crippen LogP contribution < -0.4 is 5.32 Å². The average Bonchev–Trinajstić information content (AvgIpc) is 3.26. The van der Waals surface area contributed by atoms with Crippen molar-refractivity contribution in [2.45, 2.75) is 289 Å². The number of allylic oxidation sites excluding steroid dienone is 8. The van der Waals surface area contributed by atoms with E-state index in [-0.39, 0.29) is 24.9 Å². The van der Waals surface area contributed by atoms with E-state index in [2.05, 4.69) is 74.7 Å². The van der Waals surface area contributed by atoms with Gasteiger partial charge in [-0.3, -0.25) is 9.59 Å². The monoisotopic (exact) mass is 870 g/mol. The van der Waals surface area contributed by atoms with Gasteiger partial charge in [0.25, 0.3) is 0 Å². The molecule has 0 radical (unpaired) electrons. The summed E-state index contributed by atoms with van der Waals surface area (Å²) in [6, 6.07) is -0.710. The lowest BCUT2D eigenvalue weighted by molar-refractivity contribution is -0.151. The van der Waals surface area contributed by atoms with Gasteiger partial charge in [-0.15, -0.1) is 0 Å². The summed E-state index contributed by atoms with van der Waals surface area (Å²) in [6.45, 7) is 6.40. The molecule has 0 fully saturated rings. The van der Waals surface area contributed by atoms with Gasteiger partial charge in [-0.1, -0.05) is 236 Å². The zero-order valence-corrected chi connectivity index (χ0v) is 41.3. The van der Waals surface area contributed by atoms with Crippen LogP contribution in [0, 0.1) is 0 Å². The van der Waals surface area contributed by atoms with Crippen molar-refractivity contribution in [2.75, 3.05) is 6.61 Å². The van der Waals surface area contributed by atoms with Crippen molar-refractivity contribution in [3.05, 3.63) is 48.6 Å². The highest BCUT2D eigenvalue weighted by atomic mass is 16.5. The Morgan fingerprint density at radius 2 is 0.871 bits per heavy atom. The van der Waals surface area contributed by atoms with Gasteiger partial charge in [0.1, 0.15) is 6.10 Å². The number of carbonyl (C=O) groups excluding carboxylic acids is 2. The fraction of sp³-hybridized carbons (Fsp3) is 0.821. The Kier molecular flexibility index (Phi) is 48.1. The van der Waals surface area contributed by atoms with Crippen molar-refractivity contribution in [3.63, 3.8) is 0 Å². The van der Waals surface area contributed by atoms with Crippen molar-refractivity contribution >= 4 is 11.9 Å². The van der Waals surface area contributed by atoms with Gasteiger partial charge in [-0.25, -0.2) is 0 Å². The second-order valence-electron chi connectivity index (χ2n) is 18.3. The van der Waals surface area contributed by atoms with Crippen molar-refractivity contribution in [1.29, 1.82) is 0 Å². The molecule has 0 saturated heterocycles. The van der Waals surface area contributed by atoms with E-state index in [1.807, 2.05) is 0 Å². The van der Waals surface area contributed by atoms with Gasteiger partial charge in [0.2, 0.25) is 5.91 Å². The molecule has 0 aliphatic rings. The van der Waals surface area contributed by atoms with Crippen molar-refractivity contribution in [1.82, 2.24) is 5.32 Å². The number of hydrogen-bond donors (Lipinski definition) is 3. The number of rotatable bonds is 48. The second-order valence-corrected chi connectivity index (χ2v) is 18.3. The summed E-state index contributed by atoms with van der Waals surface area (Å²) in [5.41, 5.74) is 0. The molecule has 0 aromatic carbocycles. The van der Waals surface area contributed by atoms with E-state index in [0.29, 0.717) is 19.3 Å². The van der Waals surface area contributed by atoms with Gasteiger partial charge in [-0.2, -0.15) is 0 Å². The SMILES string of the molecule is CCC/C=C\CCCCCC(CC(=O)NC(CO)C(O)CCCCCCCCCCCCCCCCCCC)OC(=O)CCCCCCC/C=C/C=C/C=C/CCCCCCC. The van der Waals surface area contributed by atoms with Crippen LogP contribution in [0.1, 0.15) is 271 Å². The Balaban J connectivity index is 4.40. The predicted molar refractivity (Wildman–Crippen MR) is 269 cm³/mol. The third-order valence-corrected chi connectivity index (χ3v) is 12.2. The molecule has 3 atom stereocenters. The number of esters is 1. The van der Waals surface area contributed by atoms with Crippen molar-refractivity contribution in [2.24, 2.45) is 0 Å². The maximum atomic E-state index is 13.2. The minimum atomic E-state index is -0.795. The number of aliphatic hydroxyl groups is 2. The number of aliphatic hydroxyl groups excluding tert-OH is 2. The minimum absolute atomic E-state index is 0.0581. The highest BCUT2D eigenvalue weighted by Crippen LogP contribution is 2.18. The maximum absolute atomic E-state index is 13.2. The first-order valence-electron chi connectivity index (χ1n) is 26.9. The summed E-state index contributed by atoms with van der Waals surface area (Å²) >= 11 is 0. The molecule has 6 nitrogen and oxygen atoms in total. The molecule has 0 aliphatic heterocycles. The topological polar surface area (TPSA) is 95.9 Å². The van der Waals surface area contributed by atoms with Gasteiger partial charge in [-0.05, 0) is 70.6 Å². The van der Waals surface area contributed by atoms with Crippen LogP contribution in [-0.2, 0) is 14.3 Å². The molecule has 0 aromatic rings. The summed E-state index contributed by atoms with van der Waals surface area (Å²) < 4.78 is 5.90. The van der Waals surface area contributed by atoms with Crippen molar-refractivity contribution in [3.8, 4) is 0 Å². The van der Waals surface area contributed by atoms with Gasteiger partial charge >= 0.3 is 5.97 Å². The van der Waals surface area contributed by atoms with E-state index < -0.39 is 18.2 Å². The Morgan fingerprint density at radius 1 is 0.468 bits per heavy atom. The molecular weight excluding hydrogens is 767 g/mol. The lowest BCUT2D eigenvalue weighted by Gasteiger charge is -2.24. The van der Waals surface area contributed by atoms with Gasteiger partial charge in [0.05, 0.1) is 25.2 Å². The normalized spacial score (nSPS) is 13.6. The summed E-state index contributed by atoms with van der Waals surface area (Å²) in [6.07, 6.45) is 60.4. The zero-order valence-electron chi connectivity index (χ0n) is 41.3. The summed E-state index contributed by atoms with van der Waals surface area (Å²) in [5, 5.41) is 23.8.